The molecule has 0 aromatic rings. The van der Waals surface area contributed by atoms with E-state index < -0.39 is 12.0 Å². The second-order valence-electron chi connectivity index (χ2n) is 3.23. The highest BCUT2D eigenvalue weighted by molar-refractivity contribution is 5.78. The maximum absolute atomic E-state index is 11.2. The van der Waals surface area contributed by atoms with Gasteiger partial charge in [-0.25, -0.2) is 0 Å². The van der Waals surface area contributed by atoms with Crippen molar-refractivity contribution in [3.63, 3.8) is 0 Å². The highest BCUT2D eigenvalue weighted by Gasteiger charge is 2.17. The lowest BCUT2D eigenvalue weighted by atomic mass is 10.3. The van der Waals surface area contributed by atoms with Crippen molar-refractivity contribution in [2.45, 2.75) is 19.9 Å². The van der Waals surface area contributed by atoms with Gasteiger partial charge >= 0.3 is 5.97 Å². The highest BCUT2D eigenvalue weighted by Crippen LogP contribution is 1.91. The Morgan fingerprint density at radius 1 is 1.47 bits per heavy atom. The zero-order valence-electron chi connectivity index (χ0n) is 9.19. The number of amides is 1. The van der Waals surface area contributed by atoms with Gasteiger partial charge in [0, 0.05) is 13.1 Å². The predicted molar refractivity (Wildman–Crippen MR) is 56.4 cm³/mol. The molecule has 1 atom stereocenters. The van der Waals surface area contributed by atoms with Crippen LogP contribution in [0.5, 0.6) is 0 Å². The average molecular weight is 217 g/mol. The summed E-state index contributed by atoms with van der Waals surface area (Å²) in [6.07, 6.45) is 0. The van der Waals surface area contributed by atoms with Gasteiger partial charge < -0.3 is 16.2 Å². The molecule has 4 N–H and O–H groups in total. The fraction of sp³-hybridized carbons (Fsp3) is 0.778. The zero-order chi connectivity index (χ0) is 11.8. The third-order valence-corrected chi connectivity index (χ3v) is 1.96. The molecule has 0 saturated carbocycles. The molecule has 0 aliphatic rings. The molecule has 0 fully saturated rings. The minimum atomic E-state index is -1.05. The number of carboxylic acids is 1. The van der Waals surface area contributed by atoms with Gasteiger partial charge in [-0.3, -0.25) is 14.5 Å². The van der Waals surface area contributed by atoms with Crippen molar-refractivity contribution in [1.29, 1.82) is 0 Å². The van der Waals surface area contributed by atoms with Crippen LogP contribution >= 0.6 is 0 Å². The number of nitrogens with zero attached hydrogens (tertiary/aromatic N) is 1. The summed E-state index contributed by atoms with van der Waals surface area (Å²) in [5, 5.41) is 11.3. The van der Waals surface area contributed by atoms with E-state index in [0.717, 1.165) is 0 Å². The number of carbonyl (C=O) groups excluding carboxylic acids is 1. The van der Waals surface area contributed by atoms with E-state index in [1.54, 1.807) is 4.90 Å². The quantitative estimate of drug-likeness (QED) is 0.501. The van der Waals surface area contributed by atoms with Gasteiger partial charge in [-0.15, -0.1) is 0 Å². The summed E-state index contributed by atoms with van der Waals surface area (Å²) >= 11 is 0. The summed E-state index contributed by atoms with van der Waals surface area (Å²) < 4.78 is 0. The van der Waals surface area contributed by atoms with Crippen molar-refractivity contribution in [2.24, 2.45) is 5.73 Å². The largest absolute Gasteiger partial charge is 0.480 e. The molecular formula is C9H19N3O3. The molecule has 0 bridgehead atoms. The maximum atomic E-state index is 11.2. The number of nitrogens with two attached hydrogens (primary N) is 1. The van der Waals surface area contributed by atoms with E-state index in [1.807, 2.05) is 13.8 Å². The normalized spacial score (nSPS) is 12.5. The van der Waals surface area contributed by atoms with Crippen molar-refractivity contribution < 1.29 is 14.7 Å². The van der Waals surface area contributed by atoms with E-state index in [-0.39, 0.29) is 19.0 Å². The Balaban J connectivity index is 4.02. The molecule has 0 aliphatic heterocycles. The van der Waals surface area contributed by atoms with Crippen LogP contribution in [0, 0.1) is 0 Å². The molecule has 6 nitrogen and oxygen atoms in total. The Labute approximate surface area is 89.4 Å². The molecule has 0 heterocycles. The highest BCUT2D eigenvalue weighted by atomic mass is 16.4. The number of hydrogen-bond donors (Lipinski definition) is 3. The van der Waals surface area contributed by atoms with Crippen molar-refractivity contribution in [3.8, 4) is 0 Å². The second-order valence-corrected chi connectivity index (χ2v) is 3.23. The van der Waals surface area contributed by atoms with E-state index >= 15 is 0 Å². The Hall–Kier alpha value is -1.14. The van der Waals surface area contributed by atoms with E-state index in [4.69, 9.17) is 10.8 Å². The van der Waals surface area contributed by atoms with Crippen LogP contribution in [0.3, 0.4) is 0 Å². The fourth-order valence-electron chi connectivity index (χ4n) is 1.12. The molecular weight excluding hydrogens is 198 g/mol. The molecule has 1 unspecified atom stereocenters. The number of carbonyl (C=O) groups is 2. The fourth-order valence-corrected chi connectivity index (χ4v) is 1.12. The van der Waals surface area contributed by atoms with Crippen LogP contribution in [-0.2, 0) is 9.59 Å². The molecule has 0 radical (unpaired) electrons. The van der Waals surface area contributed by atoms with Crippen LogP contribution in [0.1, 0.15) is 13.8 Å². The van der Waals surface area contributed by atoms with Gasteiger partial charge in [-0.05, 0) is 13.5 Å². The monoisotopic (exact) mass is 217 g/mol. The number of aliphatic carboxylic acids is 1. The zero-order valence-corrected chi connectivity index (χ0v) is 9.19. The van der Waals surface area contributed by atoms with Crippen LogP contribution in [-0.4, -0.2) is 54.1 Å². The summed E-state index contributed by atoms with van der Waals surface area (Å²) in [7, 11) is 0. The Kier molecular flexibility index (Phi) is 6.64. The molecule has 0 saturated heterocycles. The van der Waals surface area contributed by atoms with Crippen LogP contribution in [0.25, 0.3) is 0 Å². The first-order chi connectivity index (χ1) is 7.01. The molecule has 88 valence electrons. The molecule has 0 aliphatic carbocycles. The number of carboxylic acid groups (broad SMARTS) is 1. The van der Waals surface area contributed by atoms with Crippen LogP contribution in [0.15, 0.2) is 0 Å². The van der Waals surface area contributed by atoms with E-state index in [2.05, 4.69) is 5.32 Å². The number of rotatable bonds is 7. The second kappa shape index (κ2) is 7.19. The maximum Gasteiger partial charge on any atom is 0.321 e. The van der Waals surface area contributed by atoms with Crippen LogP contribution in [0.2, 0.25) is 0 Å². The molecule has 0 aromatic heterocycles. The standard InChI is InChI=1S/C9H19N3O3/c1-3-11-8(13)6-12(4-2)5-7(10)9(14)15/h7H,3-6,10H2,1-2H3,(H,11,13)(H,14,15). The Morgan fingerprint density at radius 3 is 2.47 bits per heavy atom. The van der Waals surface area contributed by atoms with Gasteiger partial charge in [-0.1, -0.05) is 6.92 Å². The van der Waals surface area contributed by atoms with Crippen molar-refractivity contribution >= 4 is 11.9 Å². The van der Waals surface area contributed by atoms with E-state index in [9.17, 15) is 9.59 Å². The lowest BCUT2D eigenvalue weighted by Crippen LogP contribution is -2.46. The molecule has 1 amide bonds. The SMILES string of the molecule is CCNC(=O)CN(CC)CC(N)C(=O)O. The van der Waals surface area contributed by atoms with Crippen LogP contribution < -0.4 is 11.1 Å². The smallest absolute Gasteiger partial charge is 0.321 e. The Morgan fingerprint density at radius 2 is 2.07 bits per heavy atom. The molecule has 15 heavy (non-hydrogen) atoms. The number of hydrogen-bond acceptors (Lipinski definition) is 4. The lowest BCUT2D eigenvalue weighted by molar-refractivity contribution is -0.139. The van der Waals surface area contributed by atoms with Crippen molar-refractivity contribution in [2.75, 3.05) is 26.2 Å². The van der Waals surface area contributed by atoms with Crippen molar-refractivity contribution in [1.82, 2.24) is 10.2 Å². The van der Waals surface area contributed by atoms with E-state index in [0.29, 0.717) is 13.1 Å². The van der Waals surface area contributed by atoms with Gasteiger partial charge in [0.2, 0.25) is 5.91 Å². The lowest BCUT2D eigenvalue weighted by Gasteiger charge is -2.21. The first-order valence-electron chi connectivity index (χ1n) is 4.98. The molecule has 0 aromatic carbocycles. The summed E-state index contributed by atoms with van der Waals surface area (Å²) in [5.74, 6) is -1.17. The third-order valence-electron chi connectivity index (χ3n) is 1.96. The average Bonchev–Trinajstić information content (AvgIpc) is 2.16. The third kappa shape index (κ3) is 6.03. The number of likely N-dealkylation sites (N-methyl/N-ethyl adjacent to an activating group) is 2. The summed E-state index contributed by atoms with van der Waals surface area (Å²) in [5.41, 5.74) is 5.37. The minimum absolute atomic E-state index is 0.114. The topological polar surface area (TPSA) is 95.7 Å². The summed E-state index contributed by atoms with van der Waals surface area (Å²) in [4.78, 5) is 23.4. The van der Waals surface area contributed by atoms with Gasteiger partial charge in [-0.2, -0.15) is 0 Å². The van der Waals surface area contributed by atoms with Gasteiger partial charge in [0.1, 0.15) is 6.04 Å². The Bertz CT molecular complexity index is 221. The van der Waals surface area contributed by atoms with Gasteiger partial charge in [0.05, 0.1) is 6.54 Å². The summed E-state index contributed by atoms with van der Waals surface area (Å²) in [6, 6.07) is -0.945. The number of nitrogens with one attached hydrogen (secondary N) is 1. The van der Waals surface area contributed by atoms with Gasteiger partial charge in [0.25, 0.3) is 0 Å². The first-order valence-corrected chi connectivity index (χ1v) is 4.98. The molecule has 0 rings (SSSR count). The summed E-state index contributed by atoms with van der Waals surface area (Å²) in [6.45, 7) is 5.22. The molecule has 6 heteroatoms. The van der Waals surface area contributed by atoms with Gasteiger partial charge in [0.15, 0.2) is 0 Å². The molecule has 0 spiro atoms. The van der Waals surface area contributed by atoms with Crippen molar-refractivity contribution in [3.05, 3.63) is 0 Å². The minimum Gasteiger partial charge on any atom is -0.480 e. The van der Waals surface area contributed by atoms with Crippen LogP contribution in [0.4, 0.5) is 0 Å². The van der Waals surface area contributed by atoms with E-state index in [1.165, 1.54) is 0 Å². The first kappa shape index (κ1) is 13.9. The predicted octanol–water partition coefficient (Wildman–Crippen LogP) is -1.14.